The number of benzene rings is 8. The summed E-state index contributed by atoms with van der Waals surface area (Å²) >= 11 is 0. The van der Waals surface area contributed by atoms with Crippen LogP contribution >= 0.6 is 0 Å². The SMILES string of the molecule is CCOc1cccc(C(=O)N2CCC3(CC2)Oc2ccccc2-n2c3ccc2S(C)(=O)=O)c1F.COc1cc(C(=O)N2CCC3(CC2)Oc2ccccc2-c2c3cnn2C)ccc1C1CC1.Cc1cc(C(=O)N2CCC3(CC2)Oc2ccccc2-n2cccc23)ccc1C(C)(C)O.Cn1ncc2c1-c1ccccc1OC21CCN(C(=O)c2ccc3[nH]ncc3c2)CC1.[HH]. The van der Waals surface area contributed by atoms with Crippen LogP contribution in [0.4, 0.5) is 4.39 Å². The number of aromatic amines is 1. The molecule has 4 spiro atoms. The molecule has 4 amide bonds. The number of piperidine rings is 4. The van der Waals surface area contributed by atoms with Crippen molar-refractivity contribution in [2.75, 3.05) is 72.3 Å². The third kappa shape index (κ3) is 15.1. The summed E-state index contributed by atoms with van der Waals surface area (Å²) in [6.45, 7) is 12.0. The number of hydrogen-bond donors (Lipinski definition) is 2. The first-order valence-corrected chi connectivity index (χ1v) is 45.5. The van der Waals surface area contributed by atoms with Gasteiger partial charge < -0.3 is 57.7 Å². The number of nitrogens with zero attached hydrogens (tertiary/aromatic N) is 11. The van der Waals surface area contributed by atoms with E-state index < -0.39 is 49.6 Å². The normalized spacial score (nSPS) is 17.3. The van der Waals surface area contributed by atoms with E-state index in [4.69, 9.17) is 28.4 Å². The smallest absolute Gasteiger partial charge is 0.256 e. The topological polar surface area (TPSA) is 265 Å². The van der Waals surface area contributed by atoms with E-state index in [1.54, 1.807) is 61.7 Å². The molecule has 9 aliphatic rings. The number of aryl methyl sites for hydroxylation is 3. The molecule has 13 heterocycles. The fraction of sp³-hybridized carbons (Fsp3) is 0.330. The number of nitrogens with one attached hydrogen (secondary N) is 1. The summed E-state index contributed by atoms with van der Waals surface area (Å²) in [5, 5.41) is 27.5. The van der Waals surface area contributed by atoms with Crippen LogP contribution in [0.25, 0.3) is 44.8 Å². The molecule has 22 rings (SSSR count). The van der Waals surface area contributed by atoms with Crippen LogP contribution in [0, 0.1) is 12.7 Å². The Balaban J connectivity index is 0.000000115. The van der Waals surface area contributed by atoms with Gasteiger partial charge in [-0.3, -0.25) is 38.2 Å². The quantitative estimate of drug-likeness (QED) is 0.129. The molecule has 25 nitrogen and oxygen atoms in total. The molecule has 0 radical (unpaired) electrons. The maximum absolute atomic E-state index is 14.8. The second-order valence-corrected chi connectivity index (χ2v) is 37.0. The molecule has 27 heteroatoms. The van der Waals surface area contributed by atoms with Crippen molar-refractivity contribution in [3.05, 3.63) is 286 Å². The second-order valence-electron chi connectivity index (χ2n) is 35.0. The zero-order valence-corrected chi connectivity index (χ0v) is 73.2. The summed E-state index contributed by atoms with van der Waals surface area (Å²) in [4.78, 5) is 60.1. The molecule has 5 fully saturated rings. The molecule has 2 N–H and O–H groups in total. The van der Waals surface area contributed by atoms with Crippen molar-refractivity contribution < 1.29 is 66.9 Å². The van der Waals surface area contributed by atoms with Crippen LogP contribution in [-0.2, 0) is 51.9 Å². The number of carbonyl (C=O) groups excluding carboxylic acids is 4. The summed E-state index contributed by atoms with van der Waals surface area (Å²) < 4.78 is 84.7. The van der Waals surface area contributed by atoms with Gasteiger partial charge in [-0.05, 0) is 191 Å². The van der Waals surface area contributed by atoms with Crippen molar-refractivity contribution >= 4 is 44.4 Å². The Morgan fingerprint density at radius 3 is 1.57 bits per heavy atom. The fourth-order valence-electron chi connectivity index (χ4n) is 20.0. The number of hydrogen-bond acceptors (Lipinski definition) is 16. The molecular weight excluding hydrogens is 1630 g/mol. The average Bonchev–Trinajstić information content (AvgIpc) is 1.49. The van der Waals surface area contributed by atoms with E-state index in [9.17, 15) is 37.1 Å². The van der Waals surface area contributed by atoms with E-state index in [-0.39, 0.29) is 35.5 Å². The van der Waals surface area contributed by atoms with Crippen molar-refractivity contribution in [3.63, 3.8) is 0 Å². The van der Waals surface area contributed by atoms with Crippen molar-refractivity contribution in [2.45, 2.75) is 131 Å². The molecule has 0 atom stereocenters. The summed E-state index contributed by atoms with van der Waals surface area (Å²) in [5.74, 6) is 3.81. The molecule has 0 bridgehead atoms. The molecular formula is C100H103FN12O13S. The van der Waals surface area contributed by atoms with Crippen LogP contribution in [0.2, 0.25) is 0 Å². The largest absolute Gasteiger partial charge is 0.496 e. The van der Waals surface area contributed by atoms with Crippen molar-refractivity contribution in [1.82, 2.24) is 58.5 Å². The van der Waals surface area contributed by atoms with Crippen LogP contribution in [0.1, 0.15) is 173 Å². The number of amides is 4. The number of methoxy groups -OCH3 is 1. The van der Waals surface area contributed by atoms with E-state index in [1.165, 1.54) is 36.8 Å². The minimum absolute atomic E-state index is 0. The van der Waals surface area contributed by atoms with Gasteiger partial charge in [-0.15, -0.1) is 0 Å². The van der Waals surface area contributed by atoms with Gasteiger partial charge >= 0.3 is 0 Å². The lowest BCUT2D eigenvalue weighted by Crippen LogP contribution is -2.50. The van der Waals surface area contributed by atoms with Crippen molar-refractivity contribution in [1.29, 1.82) is 0 Å². The van der Waals surface area contributed by atoms with E-state index in [0.29, 0.717) is 106 Å². The molecule has 8 aliphatic heterocycles. The highest BCUT2D eigenvalue weighted by atomic mass is 32.2. The Labute approximate surface area is 737 Å². The fourth-order valence-corrected chi connectivity index (χ4v) is 20.9. The molecule has 4 saturated heterocycles. The first-order valence-electron chi connectivity index (χ1n) is 43.6. The van der Waals surface area contributed by atoms with Gasteiger partial charge in [0, 0.05) is 176 Å². The molecule has 654 valence electrons. The molecule has 8 aromatic carbocycles. The van der Waals surface area contributed by atoms with Crippen LogP contribution in [-0.4, -0.2) is 168 Å². The summed E-state index contributed by atoms with van der Waals surface area (Å²) in [6, 6.07) is 61.0. The van der Waals surface area contributed by atoms with Gasteiger partial charge in [-0.1, -0.05) is 66.7 Å². The van der Waals surface area contributed by atoms with E-state index in [1.807, 2.05) is 185 Å². The maximum Gasteiger partial charge on any atom is 0.256 e. The number of likely N-dealkylation sites (tertiary alicyclic amines) is 4. The van der Waals surface area contributed by atoms with E-state index >= 15 is 0 Å². The third-order valence-electron chi connectivity index (χ3n) is 26.7. The number of sulfone groups is 1. The maximum atomic E-state index is 14.8. The van der Waals surface area contributed by atoms with Crippen LogP contribution in [0.5, 0.6) is 34.5 Å². The standard InChI is InChI=1S/C26H27N3O3.C26H28N2O3.C25H25FN2O5S.C23H21N5O2.H2/c1-28-24-20-5-3-4-6-22(20)32-26(21(24)16-27-28)11-13-29(14-12-26)25(30)18-9-10-19(17-7-8-17)23(15-18)31-2;1-18-17-19(10-11-20(18)25(2,3)30)24(29)27-15-12-26(13-16-27)23-9-6-14-28(23)21-7-4-5-8-22(21)31-26;1-3-32-20-10-6-7-17(23(20)26)24(29)27-15-13-25(14-16-27)21-11-12-22(34(2,30)31)28(21)18-8-4-5-9-19(18)33-25;1-27-21-17-4-2-3-5-20(17)30-23(18(21)14-25-27)8-10-28(11-9-23)22(29)15-6-7-19-16(12-15)13-24-26-19;/h3-6,9-10,15-17H,7-8,11-14H2,1-2H3;4-11,14,17,30H,12-13,15-16H2,1-3H3;4-12H,3,13-16H2,1-2H3;2-7,12-14H,8-11H2,1H3,(H,24,26);1H. The first-order chi connectivity index (χ1) is 61.3. The lowest BCUT2D eigenvalue weighted by atomic mass is 9.81. The number of aromatic nitrogens is 8. The number of H-pyrrole nitrogens is 1. The number of halogens is 1. The van der Waals surface area contributed by atoms with E-state index in [2.05, 4.69) is 67.6 Å². The highest BCUT2D eigenvalue weighted by Crippen LogP contribution is 2.54. The zero-order chi connectivity index (χ0) is 88.1. The number of fused-ring (bicyclic) bond motifs is 17. The highest BCUT2D eigenvalue weighted by Gasteiger charge is 2.51. The Morgan fingerprint density at radius 1 is 0.543 bits per heavy atom. The number of carbonyl (C=O) groups is 4. The lowest BCUT2D eigenvalue weighted by Gasteiger charge is -2.45. The van der Waals surface area contributed by atoms with Gasteiger partial charge in [0.2, 0.25) is 0 Å². The highest BCUT2D eigenvalue weighted by molar-refractivity contribution is 7.90. The molecule has 5 aromatic heterocycles. The van der Waals surface area contributed by atoms with Gasteiger partial charge in [-0.2, -0.15) is 15.3 Å². The first kappa shape index (κ1) is 83.3. The van der Waals surface area contributed by atoms with Crippen LogP contribution in [0.3, 0.4) is 0 Å². The molecule has 0 unspecified atom stereocenters. The summed E-state index contributed by atoms with van der Waals surface area (Å²) in [7, 11) is 2.15. The van der Waals surface area contributed by atoms with Gasteiger partial charge in [-0.25, -0.2) is 12.8 Å². The summed E-state index contributed by atoms with van der Waals surface area (Å²) in [6.07, 6.45) is 16.6. The molecule has 127 heavy (non-hydrogen) atoms. The predicted octanol–water partition coefficient (Wildman–Crippen LogP) is 16.7. The molecule has 1 aliphatic carbocycles. The number of rotatable bonds is 10. The minimum atomic E-state index is -3.48. The van der Waals surface area contributed by atoms with Crippen molar-refractivity contribution in [2.24, 2.45) is 14.1 Å². The third-order valence-corrected chi connectivity index (χ3v) is 27.8. The van der Waals surface area contributed by atoms with E-state index in [0.717, 1.165) is 134 Å². The number of ether oxygens (including phenoxy) is 6. The summed E-state index contributed by atoms with van der Waals surface area (Å²) in [5.41, 5.74) is 13.2. The average molecular weight is 1730 g/mol. The van der Waals surface area contributed by atoms with Gasteiger partial charge in [0.1, 0.15) is 45.0 Å². The van der Waals surface area contributed by atoms with Crippen LogP contribution < -0.4 is 28.4 Å². The monoisotopic (exact) mass is 1730 g/mol. The lowest BCUT2D eigenvalue weighted by molar-refractivity contribution is -0.0103. The van der Waals surface area contributed by atoms with Gasteiger partial charge in [0.05, 0.1) is 83.1 Å². The Kier molecular flexibility index (Phi) is 21.4. The van der Waals surface area contributed by atoms with Gasteiger partial charge in [0.25, 0.3) is 23.6 Å². The minimum Gasteiger partial charge on any atom is -0.496 e. The Hall–Kier alpha value is -13.3. The van der Waals surface area contributed by atoms with Crippen LogP contribution in [0.15, 0.2) is 224 Å². The predicted molar refractivity (Wildman–Crippen MR) is 479 cm³/mol. The Bertz CT molecular complexity index is 6580. The molecule has 1 saturated carbocycles. The Morgan fingerprint density at radius 2 is 1.03 bits per heavy atom. The molecule has 13 aromatic rings. The van der Waals surface area contributed by atoms with Gasteiger partial charge in [0.15, 0.2) is 32.6 Å². The zero-order valence-electron chi connectivity index (χ0n) is 72.3. The number of para-hydroxylation sites is 6. The van der Waals surface area contributed by atoms with Crippen molar-refractivity contribution in [3.8, 4) is 68.4 Å². The second kappa shape index (κ2) is 32.6. The number of aliphatic hydroxyl groups is 1.